The Kier molecular flexibility index (Phi) is 11.1. The van der Waals surface area contributed by atoms with Crippen LogP contribution in [0.1, 0.15) is 45.2 Å². The summed E-state index contributed by atoms with van der Waals surface area (Å²) in [4.78, 5) is 24.8. The van der Waals surface area contributed by atoms with Gasteiger partial charge in [-0.1, -0.05) is 63.2 Å². The molecule has 198 valence electrons. The van der Waals surface area contributed by atoms with E-state index in [1.807, 2.05) is 54.6 Å². The lowest BCUT2D eigenvalue weighted by Crippen LogP contribution is -2.54. The molecule has 2 rings (SSSR count). The molecule has 8 heteroatoms. The number of ether oxygens (including phenoxy) is 2. The molecule has 0 saturated heterocycles. The van der Waals surface area contributed by atoms with Crippen LogP contribution in [0.15, 0.2) is 54.6 Å². The summed E-state index contributed by atoms with van der Waals surface area (Å²) in [6, 6.07) is 17.3. The average Bonchev–Trinajstić information content (AvgIpc) is 2.82. The molecule has 7 nitrogen and oxygen atoms in total. The predicted octanol–water partition coefficient (Wildman–Crippen LogP) is 4.60. The highest BCUT2D eigenvalue weighted by Crippen LogP contribution is 2.38. The molecule has 2 aromatic carbocycles. The van der Waals surface area contributed by atoms with E-state index in [1.165, 1.54) is 0 Å². The van der Waals surface area contributed by atoms with Crippen molar-refractivity contribution in [3.63, 3.8) is 0 Å². The van der Waals surface area contributed by atoms with Gasteiger partial charge in [-0.3, -0.25) is 9.59 Å². The lowest BCUT2D eigenvalue weighted by molar-refractivity contribution is -0.145. The van der Waals surface area contributed by atoms with Crippen LogP contribution in [-0.4, -0.2) is 45.5 Å². The summed E-state index contributed by atoms with van der Waals surface area (Å²) in [7, 11) is -2.26. The van der Waals surface area contributed by atoms with Gasteiger partial charge < -0.3 is 25.0 Å². The molecule has 0 saturated carbocycles. The Labute approximate surface area is 216 Å². The first-order chi connectivity index (χ1) is 16.9. The molecule has 3 N–H and O–H groups in total. The maximum Gasteiger partial charge on any atom is 0.308 e. The van der Waals surface area contributed by atoms with Crippen molar-refractivity contribution >= 4 is 20.2 Å². The molecule has 0 heterocycles. The second-order valence-corrected chi connectivity index (χ2v) is 15.2. The largest absolute Gasteiger partial charge is 0.489 e. The summed E-state index contributed by atoms with van der Waals surface area (Å²) in [5, 5.41) is 2.92. The summed E-state index contributed by atoms with van der Waals surface area (Å²) < 4.78 is 17.8. The highest BCUT2D eigenvalue weighted by Gasteiger charge is 2.41. The van der Waals surface area contributed by atoms with Crippen LogP contribution in [0.5, 0.6) is 5.75 Å². The van der Waals surface area contributed by atoms with Crippen LogP contribution < -0.4 is 15.8 Å². The highest BCUT2D eigenvalue weighted by molar-refractivity contribution is 6.74. The normalized spacial score (nSPS) is 13.5. The first-order valence-electron chi connectivity index (χ1n) is 12.5. The van der Waals surface area contributed by atoms with E-state index in [2.05, 4.69) is 39.2 Å². The summed E-state index contributed by atoms with van der Waals surface area (Å²) in [5.74, 6) is 0.110. The van der Waals surface area contributed by atoms with Crippen molar-refractivity contribution in [1.82, 2.24) is 5.32 Å². The fraction of sp³-hybridized carbons (Fsp3) is 0.500. The van der Waals surface area contributed by atoms with Crippen LogP contribution in [0.25, 0.3) is 0 Å². The van der Waals surface area contributed by atoms with Gasteiger partial charge in [0.05, 0.1) is 31.7 Å². The van der Waals surface area contributed by atoms with Crippen molar-refractivity contribution in [1.29, 1.82) is 0 Å². The Bertz CT molecular complexity index is 958. The van der Waals surface area contributed by atoms with E-state index in [0.717, 1.165) is 16.9 Å². The summed E-state index contributed by atoms with van der Waals surface area (Å²) >= 11 is 0. The number of benzene rings is 2. The molecule has 0 spiro atoms. The number of carbonyl (C=O) groups excluding carboxylic acids is 2. The summed E-state index contributed by atoms with van der Waals surface area (Å²) in [5.41, 5.74) is 7.68. The lowest BCUT2D eigenvalue weighted by Gasteiger charge is -2.41. The van der Waals surface area contributed by atoms with Gasteiger partial charge in [0.15, 0.2) is 8.32 Å². The Morgan fingerprint density at radius 1 is 1.00 bits per heavy atom. The van der Waals surface area contributed by atoms with Crippen LogP contribution in [0, 0.1) is 0 Å². The standard InChI is InChI=1S/C28H42N2O5Si/c1-7-33-27(32)18-25(35-36(5,6)28(2,3)4)24(30-26(31)19-29)17-21-13-15-23(16-14-21)34-20-22-11-9-8-10-12-22/h8-16,24-25H,7,17-20,29H2,1-6H3,(H,30,31)/t24-,25-/m0/s1. The van der Waals surface area contributed by atoms with Gasteiger partial charge in [-0.25, -0.2) is 0 Å². The van der Waals surface area contributed by atoms with Gasteiger partial charge >= 0.3 is 5.97 Å². The molecule has 0 aliphatic heterocycles. The summed E-state index contributed by atoms with van der Waals surface area (Å²) in [6.45, 7) is 13.1. The van der Waals surface area contributed by atoms with Crippen LogP contribution in [0.4, 0.5) is 0 Å². The number of esters is 1. The number of hydrogen-bond acceptors (Lipinski definition) is 6. The zero-order chi connectivity index (χ0) is 26.8. The van der Waals surface area contributed by atoms with Crippen molar-refractivity contribution in [2.24, 2.45) is 5.73 Å². The number of nitrogens with one attached hydrogen (secondary N) is 1. The van der Waals surface area contributed by atoms with E-state index in [0.29, 0.717) is 13.0 Å². The van der Waals surface area contributed by atoms with Gasteiger partial charge in [0, 0.05) is 0 Å². The van der Waals surface area contributed by atoms with Crippen molar-refractivity contribution < 1.29 is 23.5 Å². The van der Waals surface area contributed by atoms with Crippen LogP contribution >= 0.6 is 0 Å². The first-order valence-corrected chi connectivity index (χ1v) is 15.4. The zero-order valence-corrected chi connectivity index (χ0v) is 23.5. The summed E-state index contributed by atoms with van der Waals surface area (Å²) in [6.07, 6.45) is -0.0215. The fourth-order valence-corrected chi connectivity index (χ4v) is 4.82. The van der Waals surface area contributed by atoms with Crippen LogP contribution in [0.3, 0.4) is 0 Å². The molecule has 0 aromatic heterocycles. The van der Waals surface area contributed by atoms with Crippen molar-refractivity contribution in [2.75, 3.05) is 13.2 Å². The molecule has 2 atom stereocenters. The van der Waals surface area contributed by atoms with Gasteiger partial charge in [0.25, 0.3) is 0 Å². The SMILES string of the molecule is CCOC(=O)C[C@H](O[Si](C)(C)C(C)(C)C)[C@H](Cc1ccc(OCc2ccccc2)cc1)NC(=O)CN. The molecule has 1 amide bonds. The maximum atomic E-state index is 12.5. The molecule has 0 fully saturated rings. The van der Waals surface area contributed by atoms with E-state index >= 15 is 0 Å². The quantitative estimate of drug-likeness (QED) is 0.299. The number of carbonyl (C=O) groups is 2. The average molecular weight is 515 g/mol. The van der Waals surface area contributed by atoms with E-state index in [9.17, 15) is 9.59 Å². The third-order valence-electron chi connectivity index (χ3n) is 6.53. The van der Waals surface area contributed by atoms with Gasteiger partial charge in [0.1, 0.15) is 12.4 Å². The van der Waals surface area contributed by atoms with E-state index in [-0.39, 0.29) is 36.5 Å². The lowest BCUT2D eigenvalue weighted by atomic mass is 9.99. The zero-order valence-electron chi connectivity index (χ0n) is 22.5. The Hall–Kier alpha value is -2.68. The number of hydrogen-bond donors (Lipinski definition) is 2. The topological polar surface area (TPSA) is 99.9 Å². The number of amides is 1. The third kappa shape index (κ3) is 9.41. The number of nitrogens with two attached hydrogens (primary N) is 1. The maximum absolute atomic E-state index is 12.5. The minimum atomic E-state index is -2.26. The second-order valence-electron chi connectivity index (χ2n) is 10.4. The molecule has 36 heavy (non-hydrogen) atoms. The van der Waals surface area contributed by atoms with Gasteiger partial charge in [0.2, 0.25) is 5.91 Å². The van der Waals surface area contributed by atoms with E-state index in [4.69, 9.17) is 19.6 Å². The molecule has 0 aliphatic rings. The van der Waals surface area contributed by atoms with Crippen LogP contribution in [-0.2, 0) is 31.8 Å². The van der Waals surface area contributed by atoms with E-state index < -0.39 is 20.5 Å². The van der Waals surface area contributed by atoms with Gasteiger partial charge in [-0.15, -0.1) is 0 Å². The highest BCUT2D eigenvalue weighted by atomic mass is 28.4. The van der Waals surface area contributed by atoms with Crippen molar-refractivity contribution in [2.45, 2.75) is 77.4 Å². The van der Waals surface area contributed by atoms with Gasteiger partial charge in [-0.2, -0.15) is 0 Å². The first kappa shape index (κ1) is 29.5. The molecule has 0 radical (unpaired) electrons. The molecule has 0 unspecified atom stereocenters. The Morgan fingerprint density at radius 3 is 2.19 bits per heavy atom. The molecular weight excluding hydrogens is 472 g/mol. The smallest absolute Gasteiger partial charge is 0.308 e. The van der Waals surface area contributed by atoms with Crippen molar-refractivity contribution in [3.05, 3.63) is 65.7 Å². The molecule has 0 bridgehead atoms. The molecule has 2 aromatic rings. The van der Waals surface area contributed by atoms with E-state index in [1.54, 1.807) is 6.92 Å². The fourth-order valence-electron chi connectivity index (χ4n) is 3.46. The monoisotopic (exact) mass is 514 g/mol. The van der Waals surface area contributed by atoms with Crippen molar-refractivity contribution in [3.8, 4) is 5.75 Å². The second kappa shape index (κ2) is 13.6. The minimum absolute atomic E-state index is 0.0497. The predicted molar refractivity (Wildman–Crippen MR) is 145 cm³/mol. The molecular formula is C28H42N2O5Si. The number of rotatable bonds is 13. The van der Waals surface area contributed by atoms with Crippen LogP contribution in [0.2, 0.25) is 18.1 Å². The minimum Gasteiger partial charge on any atom is -0.489 e. The Morgan fingerprint density at radius 2 is 1.64 bits per heavy atom. The molecule has 0 aliphatic carbocycles. The third-order valence-corrected chi connectivity index (χ3v) is 11.0. The van der Waals surface area contributed by atoms with Gasteiger partial charge in [-0.05, 0) is 54.7 Å². The Balaban J connectivity index is 2.23.